The van der Waals surface area contributed by atoms with Crippen molar-refractivity contribution in [1.29, 1.82) is 0 Å². The van der Waals surface area contributed by atoms with Crippen molar-refractivity contribution in [2.45, 2.75) is 39.5 Å². The average Bonchev–Trinajstić information content (AvgIpc) is 3.10. The van der Waals surface area contributed by atoms with Gasteiger partial charge in [-0.2, -0.15) is 0 Å². The van der Waals surface area contributed by atoms with Crippen molar-refractivity contribution < 1.29 is 14.3 Å². The number of hydrogen-bond acceptors (Lipinski definition) is 3. The van der Waals surface area contributed by atoms with Crippen molar-refractivity contribution >= 4 is 23.2 Å². The molecule has 1 aromatic rings. The molecule has 0 spiro atoms. The van der Waals surface area contributed by atoms with Gasteiger partial charge in [-0.1, -0.05) is 18.9 Å². The number of amides is 2. The summed E-state index contributed by atoms with van der Waals surface area (Å²) >= 11 is 0. The Morgan fingerprint density at radius 3 is 2.80 bits per heavy atom. The van der Waals surface area contributed by atoms with E-state index in [1.807, 2.05) is 32.0 Å². The summed E-state index contributed by atoms with van der Waals surface area (Å²) in [5, 5.41) is 2.99. The molecule has 2 amide bonds. The maximum absolute atomic E-state index is 12.9. The first-order valence-electron chi connectivity index (χ1n) is 8.93. The van der Waals surface area contributed by atoms with Gasteiger partial charge in [-0.15, -0.1) is 6.58 Å². The quantitative estimate of drug-likeness (QED) is 0.848. The highest BCUT2D eigenvalue weighted by atomic mass is 16.5. The number of anilines is 2. The maximum Gasteiger partial charge on any atom is 0.236 e. The maximum atomic E-state index is 12.9. The molecule has 1 aliphatic heterocycles. The molecule has 0 radical (unpaired) electrons. The lowest BCUT2D eigenvalue weighted by molar-refractivity contribution is -0.127. The number of carbonyl (C=O) groups excluding carboxylic acids is 2. The summed E-state index contributed by atoms with van der Waals surface area (Å²) in [6.45, 7) is 8.23. The molecule has 0 unspecified atom stereocenters. The third-order valence-electron chi connectivity index (χ3n) is 4.97. The average molecular weight is 342 g/mol. The van der Waals surface area contributed by atoms with Gasteiger partial charge in [0.05, 0.1) is 11.1 Å². The number of nitrogens with one attached hydrogen (secondary N) is 1. The van der Waals surface area contributed by atoms with E-state index in [0.717, 1.165) is 25.7 Å². The smallest absolute Gasteiger partial charge is 0.236 e. The second-order valence-corrected chi connectivity index (χ2v) is 7.53. The number of fused-ring (bicyclic) bond motifs is 1. The van der Waals surface area contributed by atoms with Gasteiger partial charge in [0, 0.05) is 18.2 Å². The summed E-state index contributed by atoms with van der Waals surface area (Å²) in [6.07, 6.45) is 5.84. The predicted octanol–water partition coefficient (Wildman–Crippen LogP) is 3.75. The van der Waals surface area contributed by atoms with Gasteiger partial charge >= 0.3 is 0 Å². The van der Waals surface area contributed by atoms with Crippen LogP contribution in [0.25, 0.3) is 0 Å². The number of rotatable bonds is 4. The number of hydrogen-bond donors (Lipinski definition) is 1. The number of benzene rings is 1. The van der Waals surface area contributed by atoms with Gasteiger partial charge in [-0.3, -0.25) is 9.59 Å². The highest BCUT2D eigenvalue weighted by molar-refractivity contribution is 6.01. The minimum atomic E-state index is -0.616. The van der Waals surface area contributed by atoms with Gasteiger partial charge in [0.15, 0.2) is 0 Å². The van der Waals surface area contributed by atoms with Crippen molar-refractivity contribution in [2.75, 3.05) is 23.4 Å². The molecule has 1 aliphatic carbocycles. The van der Waals surface area contributed by atoms with Crippen LogP contribution in [0.2, 0.25) is 0 Å². The van der Waals surface area contributed by atoms with Gasteiger partial charge in [-0.05, 0) is 44.9 Å². The summed E-state index contributed by atoms with van der Waals surface area (Å²) in [4.78, 5) is 26.9. The molecule has 0 bridgehead atoms. The molecular weight excluding hydrogens is 316 g/mol. The fourth-order valence-electron chi connectivity index (χ4n) is 3.47. The van der Waals surface area contributed by atoms with Crippen LogP contribution in [0.4, 0.5) is 11.4 Å². The van der Waals surface area contributed by atoms with Gasteiger partial charge in [0.1, 0.15) is 12.4 Å². The largest absolute Gasteiger partial charge is 0.490 e. The summed E-state index contributed by atoms with van der Waals surface area (Å²) in [7, 11) is 0. The van der Waals surface area contributed by atoms with Crippen LogP contribution < -0.4 is 15.0 Å². The molecule has 0 saturated heterocycles. The topological polar surface area (TPSA) is 58.6 Å². The SMILES string of the molecule is C=CCN1C(=O)C(C)(C)COc2ccc(NC(=O)C3CCCC3)cc21. The van der Waals surface area contributed by atoms with Crippen LogP contribution in [0, 0.1) is 11.3 Å². The first-order valence-corrected chi connectivity index (χ1v) is 8.93. The third-order valence-corrected chi connectivity index (χ3v) is 4.97. The molecule has 2 aliphatic rings. The zero-order valence-electron chi connectivity index (χ0n) is 15.0. The molecule has 1 aromatic carbocycles. The molecule has 25 heavy (non-hydrogen) atoms. The van der Waals surface area contributed by atoms with Gasteiger partial charge in [0.25, 0.3) is 0 Å². The van der Waals surface area contributed by atoms with Crippen LogP contribution in [-0.4, -0.2) is 25.0 Å². The zero-order chi connectivity index (χ0) is 18.0. The normalized spacial score (nSPS) is 19.8. The first-order chi connectivity index (χ1) is 11.9. The lowest BCUT2D eigenvalue weighted by atomic mass is 9.93. The molecule has 3 rings (SSSR count). The van der Waals surface area contributed by atoms with Crippen molar-refractivity contribution in [2.24, 2.45) is 11.3 Å². The molecule has 1 saturated carbocycles. The van der Waals surface area contributed by atoms with Crippen molar-refractivity contribution in [1.82, 2.24) is 0 Å². The summed E-state index contributed by atoms with van der Waals surface area (Å²) < 4.78 is 5.86. The van der Waals surface area contributed by atoms with Gasteiger partial charge in [0.2, 0.25) is 11.8 Å². The predicted molar refractivity (Wildman–Crippen MR) is 98.9 cm³/mol. The number of carbonyl (C=O) groups is 2. The zero-order valence-corrected chi connectivity index (χ0v) is 15.0. The Hall–Kier alpha value is -2.30. The third kappa shape index (κ3) is 3.55. The van der Waals surface area contributed by atoms with Gasteiger partial charge < -0.3 is 15.0 Å². The Balaban J connectivity index is 1.89. The fraction of sp³-hybridized carbons (Fsp3) is 0.500. The van der Waals surface area contributed by atoms with Crippen LogP contribution >= 0.6 is 0 Å². The van der Waals surface area contributed by atoms with E-state index in [2.05, 4.69) is 11.9 Å². The molecular formula is C20H26N2O3. The molecule has 1 N–H and O–H groups in total. The molecule has 5 heteroatoms. The summed E-state index contributed by atoms with van der Waals surface area (Å²) in [5.74, 6) is 0.805. The van der Waals surface area contributed by atoms with Crippen LogP contribution in [0.5, 0.6) is 5.75 Å². The summed E-state index contributed by atoms with van der Waals surface area (Å²) in [6, 6.07) is 5.48. The number of nitrogens with zero attached hydrogens (tertiary/aromatic N) is 1. The minimum Gasteiger partial charge on any atom is -0.490 e. The van der Waals surface area contributed by atoms with E-state index in [1.54, 1.807) is 11.0 Å². The van der Waals surface area contributed by atoms with E-state index < -0.39 is 5.41 Å². The van der Waals surface area contributed by atoms with Crippen LogP contribution in [0.15, 0.2) is 30.9 Å². The van der Waals surface area contributed by atoms with Crippen molar-refractivity contribution in [3.63, 3.8) is 0 Å². The Bertz CT molecular complexity index is 690. The first kappa shape index (κ1) is 17.5. The second kappa shape index (κ2) is 6.90. The lowest BCUT2D eigenvalue weighted by Crippen LogP contribution is -2.42. The molecule has 1 fully saturated rings. The molecule has 0 aromatic heterocycles. The molecule has 1 heterocycles. The lowest BCUT2D eigenvalue weighted by Gasteiger charge is -2.27. The molecule has 0 atom stereocenters. The Morgan fingerprint density at radius 2 is 2.12 bits per heavy atom. The van der Waals surface area contributed by atoms with E-state index >= 15 is 0 Å². The number of ether oxygens (including phenoxy) is 1. The van der Waals surface area contributed by atoms with E-state index in [-0.39, 0.29) is 17.7 Å². The second-order valence-electron chi connectivity index (χ2n) is 7.53. The van der Waals surface area contributed by atoms with Crippen LogP contribution in [0.3, 0.4) is 0 Å². The van der Waals surface area contributed by atoms with Crippen molar-refractivity contribution in [3.8, 4) is 5.75 Å². The Morgan fingerprint density at radius 1 is 1.40 bits per heavy atom. The summed E-state index contributed by atoms with van der Waals surface area (Å²) in [5.41, 5.74) is 0.760. The van der Waals surface area contributed by atoms with E-state index in [4.69, 9.17) is 4.74 Å². The monoisotopic (exact) mass is 342 g/mol. The van der Waals surface area contributed by atoms with Crippen LogP contribution in [-0.2, 0) is 9.59 Å². The van der Waals surface area contributed by atoms with Gasteiger partial charge in [-0.25, -0.2) is 0 Å². The van der Waals surface area contributed by atoms with E-state index in [9.17, 15) is 9.59 Å². The Labute approximate surface area is 149 Å². The molecule has 134 valence electrons. The molecule has 5 nitrogen and oxygen atoms in total. The minimum absolute atomic E-state index is 0.00887. The highest BCUT2D eigenvalue weighted by Gasteiger charge is 2.37. The van der Waals surface area contributed by atoms with Crippen molar-refractivity contribution in [3.05, 3.63) is 30.9 Å². The standard InChI is InChI=1S/C20H26N2O3/c1-4-11-22-16-12-15(21-18(23)14-7-5-6-8-14)9-10-17(16)25-13-20(2,3)19(22)24/h4,9-10,12,14H,1,5-8,11,13H2,2-3H3,(H,21,23). The van der Waals surface area contributed by atoms with E-state index in [1.165, 1.54) is 0 Å². The highest BCUT2D eigenvalue weighted by Crippen LogP contribution is 2.38. The fourth-order valence-corrected chi connectivity index (χ4v) is 3.47. The van der Waals surface area contributed by atoms with E-state index in [0.29, 0.717) is 30.3 Å². The Kier molecular flexibility index (Phi) is 4.84. The van der Waals surface area contributed by atoms with Crippen LogP contribution in [0.1, 0.15) is 39.5 Å².